The predicted molar refractivity (Wildman–Crippen MR) is 77.2 cm³/mol. The minimum atomic E-state index is 0.726. The maximum absolute atomic E-state index is 6.12. The van der Waals surface area contributed by atoms with Gasteiger partial charge in [0.25, 0.3) is 0 Å². The van der Waals surface area contributed by atoms with Crippen molar-refractivity contribution in [2.75, 3.05) is 39.4 Å². The Morgan fingerprint density at radius 3 is 2.89 bits per heavy atom. The number of rotatable bonds is 0. The molecule has 0 radical (unpaired) electrons. The lowest BCUT2D eigenvalue weighted by atomic mass is 9.85. The first kappa shape index (κ1) is 12.0. The third kappa shape index (κ3) is 2.03. The van der Waals surface area contributed by atoms with E-state index in [-0.39, 0.29) is 0 Å². The van der Waals surface area contributed by atoms with Crippen LogP contribution in [0.3, 0.4) is 0 Å². The zero-order valence-electron chi connectivity index (χ0n) is 11.1. The molecule has 0 bridgehead atoms. The molecule has 1 atom stereocenters. The highest BCUT2D eigenvalue weighted by Crippen LogP contribution is 2.38. The Labute approximate surface area is 119 Å². The van der Waals surface area contributed by atoms with E-state index >= 15 is 0 Å². The lowest BCUT2D eigenvalue weighted by Crippen LogP contribution is -2.53. The Kier molecular flexibility index (Phi) is 2.73. The van der Waals surface area contributed by atoms with Crippen LogP contribution < -0.4 is 0 Å². The lowest BCUT2D eigenvalue weighted by Gasteiger charge is -2.37. The van der Waals surface area contributed by atoms with E-state index in [4.69, 9.17) is 16.3 Å². The van der Waals surface area contributed by atoms with Crippen molar-refractivity contribution in [3.05, 3.63) is 39.9 Å². The van der Waals surface area contributed by atoms with Gasteiger partial charge in [-0.2, -0.15) is 0 Å². The summed E-state index contributed by atoms with van der Waals surface area (Å²) in [6.07, 6.45) is 3.59. The van der Waals surface area contributed by atoms with Gasteiger partial charge < -0.3 is 9.22 Å². The van der Waals surface area contributed by atoms with Crippen molar-refractivity contribution in [3.8, 4) is 0 Å². The Morgan fingerprint density at radius 1 is 1.21 bits per heavy atom. The van der Waals surface area contributed by atoms with Crippen molar-refractivity contribution in [3.63, 3.8) is 0 Å². The molecule has 3 aliphatic rings. The largest absolute Gasteiger partial charge is 0.370 e. The summed E-state index contributed by atoms with van der Waals surface area (Å²) in [7, 11) is 0. The van der Waals surface area contributed by atoms with Crippen LogP contribution in [0, 0.1) is 5.92 Å². The van der Waals surface area contributed by atoms with Crippen molar-refractivity contribution in [1.29, 1.82) is 0 Å². The third-order valence-corrected chi connectivity index (χ3v) is 5.22. The first-order valence-corrected chi connectivity index (χ1v) is 7.54. The molecule has 1 aliphatic carbocycles. The van der Waals surface area contributed by atoms with Crippen molar-refractivity contribution < 1.29 is 9.22 Å². The molecule has 2 nitrogen and oxygen atoms in total. The second-order valence-electron chi connectivity index (χ2n) is 6.21. The van der Waals surface area contributed by atoms with E-state index in [1.54, 1.807) is 5.57 Å². The summed E-state index contributed by atoms with van der Waals surface area (Å²) < 4.78 is 6.78. The summed E-state index contributed by atoms with van der Waals surface area (Å²) in [6, 6.07) is 6.32. The average Bonchev–Trinajstić information content (AvgIpc) is 2.73. The Hall–Kier alpha value is -0.830. The van der Waals surface area contributed by atoms with Crippen LogP contribution in [-0.2, 0) is 11.2 Å². The maximum atomic E-state index is 6.12. The van der Waals surface area contributed by atoms with Gasteiger partial charge in [-0.05, 0) is 41.3 Å². The smallest absolute Gasteiger partial charge is 0.103 e. The molecule has 4 rings (SSSR count). The van der Waals surface area contributed by atoms with Gasteiger partial charge in [-0.25, -0.2) is 0 Å². The second kappa shape index (κ2) is 4.34. The molecule has 2 aliphatic heterocycles. The fourth-order valence-corrected chi connectivity index (χ4v) is 4.15. The van der Waals surface area contributed by atoms with Crippen molar-refractivity contribution in [2.45, 2.75) is 6.42 Å². The van der Waals surface area contributed by atoms with E-state index in [9.17, 15) is 0 Å². The molecule has 0 saturated carbocycles. The van der Waals surface area contributed by atoms with Gasteiger partial charge in [-0.3, -0.25) is 0 Å². The molecule has 0 unspecified atom stereocenters. The molecule has 0 aromatic heterocycles. The van der Waals surface area contributed by atoms with Gasteiger partial charge in [-0.15, -0.1) is 0 Å². The number of nitrogens with zero attached hydrogens (tertiary/aromatic N) is 1. The fraction of sp³-hybridized carbons (Fsp3) is 0.500. The highest BCUT2D eigenvalue weighted by Gasteiger charge is 2.43. The molecule has 2 heterocycles. The van der Waals surface area contributed by atoms with Crippen LogP contribution in [0.4, 0.5) is 0 Å². The van der Waals surface area contributed by atoms with Crippen LogP contribution in [0.1, 0.15) is 11.1 Å². The van der Waals surface area contributed by atoms with Gasteiger partial charge >= 0.3 is 0 Å². The van der Waals surface area contributed by atoms with Crippen molar-refractivity contribution >= 4 is 17.7 Å². The molecule has 1 aromatic rings. The van der Waals surface area contributed by atoms with Gasteiger partial charge in [-0.1, -0.05) is 17.7 Å². The zero-order valence-corrected chi connectivity index (χ0v) is 11.8. The lowest BCUT2D eigenvalue weighted by molar-refractivity contribution is -0.923. The summed E-state index contributed by atoms with van der Waals surface area (Å²) >= 11 is 6.12. The van der Waals surface area contributed by atoms with Crippen LogP contribution in [0.2, 0.25) is 5.02 Å². The minimum absolute atomic E-state index is 0.726. The summed E-state index contributed by atoms with van der Waals surface area (Å²) in [5.41, 5.74) is 4.45. The first-order valence-electron chi connectivity index (χ1n) is 7.16. The molecule has 2 saturated heterocycles. The van der Waals surface area contributed by atoms with Gasteiger partial charge in [0.1, 0.15) is 19.6 Å². The minimum Gasteiger partial charge on any atom is -0.370 e. The summed E-state index contributed by atoms with van der Waals surface area (Å²) in [5, 5.41) is 0.865. The number of morpholine rings is 1. The third-order valence-electron chi connectivity index (χ3n) is 4.98. The highest BCUT2D eigenvalue weighted by molar-refractivity contribution is 6.30. The Balaban J connectivity index is 1.65. The molecule has 0 amide bonds. The van der Waals surface area contributed by atoms with Gasteiger partial charge in [0.2, 0.25) is 0 Å². The van der Waals surface area contributed by atoms with Gasteiger partial charge in [0.05, 0.1) is 19.8 Å². The first-order chi connectivity index (χ1) is 9.24. The fourth-order valence-electron chi connectivity index (χ4n) is 3.95. The average molecular weight is 277 g/mol. The number of quaternary nitrogens is 1. The van der Waals surface area contributed by atoms with E-state index in [2.05, 4.69) is 18.2 Å². The van der Waals surface area contributed by atoms with E-state index in [1.807, 2.05) is 6.07 Å². The molecule has 0 N–H and O–H groups in total. The highest BCUT2D eigenvalue weighted by atomic mass is 35.5. The zero-order chi connectivity index (χ0) is 12.9. The summed E-state index contributed by atoms with van der Waals surface area (Å²) in [6.45, 7) is 6.75. The van der Waals surface area contributed by atoms with E-state index in [0.717, 1.165) is 24.2 Å². The van der Waals surface area contributed by atoms with Crippen molar-refractivity contribution in [1.82, 2.24) is 0 Å². The van der Waals surface area contributed by atoms with Gasteiger partial charge in [0, 0.05) is 10.9 Å². The second-order valence-corrected chi connectivity index (χ2v) is 6.64. The van der Waals surface area contributed by atoms with Crippen LogP contribution in [0.25, 0.3) is 6.08 Å². The Bertz CT molecular complexity index is 546. The predicted octanol–water partition coefficient (Wildman–Crippen LogP) is 2.76. The number of halogens is 1. The Morgan fingerprint density at radius 2 is 2.05 bits per heavy atom. The van der Waals surface area contributed by atoms with Crippen LogP contribution in [0.15, 0.2) is 23.8 Å². The van der Waals surface area contributed by atoms with Crippen molar-refractivity contribution in [2.24, 2.45) is 5.92 Å². The topological polar surface area (TPSA) is 9.23 Å². The van der Waals surface area contributed by atoms with Crippen LogP contribution >= 0.6 is 11.6 Å². The summed E-state index contributed by atoms with van der Waals surface area (Å²) in [5.74, 6) is 0.726. The normalized spacial score (nSPS) is 27.8. The SMILES string of the molecule is Clc1ccc2c(c1)C[C@@H]1C[N+]3(CCOCC3)CC1=C2. The van der Waals surface area contributed by atoms with Gasteiger partial charge in [0.15, 0.2) is 0 Å². The molecular formula is C16H19ClNO+. The quantitative estimate of drug-likeness (QED) is 0.662. The summed E-state index contributed by atoms with van der Waals surface area (Å²) in [4.78, 5) is 0. The molecule has 3 heteroatoms. The molecule has 2 fully saturated rings. The monoisotopic (exact) mass is 276 g/mol. The molecule has 1 aromatic carbocycles. The van der Waals surface area contributed by atoms with Crippen LogP contribution in [0.5, 0.6) is 0 Å². The molecule has 100 valence electrons. The number of hydrogen-bond acceptors (Lipinski definition) is 1. The maximum Gasteiger partial charge on any atom is 0.103 e. The number of hydrogen-bond donors (Lipinski definition) is 0. The van der Waals surface area contributed by atoms with E-state index in [1.165, 1.54) is 48.2 Å². The molecule has 19 heavy (non-hydrogen) atoms. The number of fused-ring (bicyclic) bond motifs is 2. The molecular weight excluding hydrogens is 258 g/mol. The number of benzene rings is 1. The number of ether oxygens (including phenoxy) is 1. The standard InChI is InChI=1S/C16H19ClNO/c17-16-2-1-12-7-14-10-18(3-5-19-6-4-18)11-15(14)8-13(12)9-16/h1-2,7,9,15H,3-6,8,10-11H2/q+1/t15-/m1/s1. The molecule has 1 spiro atoms. The van der Waals surface area contributed by atoms with E-state index in [0.29, 0.717) is 0 Å². The van der Waals surface area contributed by atoms with Crippen LogP contribution in [-0.4, -0.2) is 43.9 Å². The van der Waals surface area contributed by atoms with E-state index < -0.39 is 0 Å².